The molecule has 2 atom stereocenters. The summed E-state index contributed by atoms with van der Waals surface area (Å²) in [5.41, 5.74) is 0. The van der Waals surface area contributed by atoms with E-state index in [0.29, 0.717) is 19.3 Å². The van der Waals surface area contributed by atoms with Crippen LogP contribution in [-0.4, -0.2) is 80.6 Å². The van der Waals surface area contributed by atoms with E-state index in [1.165, 1.54) is 25.7 Å². The number of carboxylic acids is 1. The molecule has 0 aliphatic heterocycles. The van der Waals surface area contributed by atoms with Gasteiger partial charge in [0.05, 0.1) is 40.8 Å². The van der Waals surface area contributed by atoms with Gasteiger partial charge in [-0.15, -0.1) is 0 Å². The fourth-order valence-electron chi connectivity index (χ4n) is 5.37. The first-order valence-corrected chi connectivity index (χ1v) is 20.6. The Hall–Kier alpha value is -3.49. The van der Waals surface area contributed by atoms with Crippen LogP contribution in [0.5, 0.6) is 0 Å². The molecule has 54 heavy (non-hydrogen) atoms. The number of carbonyl (C=O) groups excluding carboxylic acids is 2. The lowest BCUT2D eigenvalue weighted by Gasteiger charge is -2.31. The maximum absolute atomic E-state index is 12.6. The summed E-state index contributed by atoms with van der Waals surface area (Å²) in [6, 6.07) is -0.636. The molecule has 306 valence electrons. The van der Waals surface area contributed by atoms with Gasteiger partial charge in [0.2, 0.25) is 0 Å². The minimum absolute atomic E-state index is 0.0118. The number of hydrogen-bond donors (Lipinski definition) is 1. The third kappa shape index (κ3) is 34.3. The largest absolute Gasteiger partial charge is 0.477 e. The minimum atomic E-state index is -0.895. The lowest BCUT2D eigenvalue weighted by Crippen LogP contribution is -2.50. The van der Waals surface area contributed by atoms with Crippen molar-refractivity contribution in [2.75, 3.05) is 41.0 Å². The molecule has 0 rings (SSSR count). The van der Waals surface area contributed by atoms with Gasteiger partial charge < -0.3 is 23.8 Å². The lowest BCUT2D eigenvalue weighted by atomic mass is 10.1. The van der Waals surface area contributed by atoms with Crippen LogP contribution < -0.4 is 0 Å². The number of carboxylic acid groups (broad SMARTS) is 1. The van der Waals surface area contributed by atoms with Crippen molar-refractivity contribution < 1.29 is 38.2 Å². The standard InChI is InChI=1S/C46H75NO7/c1-6-8-10-12-14-16-18-20-22-24-26-28-30-32-34-36-44(48)53-41-42(40-52-39-38-43(46(50)51)47(3,4)5)54-45(49)37-35-33-31-29-27-25-23-21-19-17-15-13-11-9-7-2/h9,11,14-17,20-23,27,29,33,35,42-43H,6-8,10,12-13,18-19,24-26,28,30-32,34,36-41H2,1-5H3/p+1/b11-9-,16-14-,17-15-,22-20-,23-21-,29-27-,35-33-. The van der Waals surface area contributed by atoms with Crippen molar-refractivity contribution >= 4 is 17.9 Å². The molecule has 0 aromatic rings. The van der Waals surface area contributed by atoms with E-state index >= 15 is 0 Å². The van der Waals surface area contributed by atoms with Crippen LogP contribution in [0.4, 0.5) is 0 Å². The highest BCUT2D eigenvalue weighted by Gasteiger charge is 2.31. The van der Waals surface area contributed by atoms with Crippen LogP contribution in [0.2, 0.25) is 0 Å². The van der Waals surface area contributed by atoms with Crippen LogP contribution in [-0.2, 0) is 28.6 Å². The van der Waals surface area contributed by atoms with Crippen molar-refractivity contribution in [1.82, 2.24) is 0 Å². The summed E-state index contributed by atoms with van der Waals surface area (Å²) in [4.78, 5) is 36.8. The van der Waals surface area contributed by atoms with Gasteiger partial charge in [-0.3, -0.25) is 9.59 Å². The van der Waals surface area contributed by atoms with Crippen LogP contribution in [0.1, 0.15) is 136 Å². The number of allylic oxidation sites excluding steroid dienone is 13. The average Bonchev–Trinajstić information content (AvgIpc) is 3.12. The van der Waals surface area contributed by atoms with Gasteiger partial charge in [-0.2, -0.15) is 0 Å². The van der Waals surface area contributed by atoms with Gasteiger partial charge in [0.1, 0.15) is 6.61 Å². The Balaban J connectivity index is 4.57. The van der Waals surface area contributed by atoms with E-state index in [4.69, 9.17) is 14.2 Å². The molecular weight excluding hydrogens is 679 g/mol. The summed E-state index contributed by atoms with van der Waals surface area (Å²) >= 11 is 0. The molecule has 0 bridgehead atoms. The topological polar surface area (TPSA) is 99.1 Å². The number of likely N-dealkylation sites (N-methyl/N-ethyl adjacent to an activating group) is 1. The maximum Gasteiger partial charge on any atom is 0.362 e. The molecule has 0 saturated carbocycles. The Bertz CT molecular complexity index is 1160. The second-order valence-electron chi connectivity index (χ2n) is 14.5. The zero-order valence-corrected chi connectivity index (χ0v) is 34.6. The highest BCUT2D eigenvalue weighted by atomic mass is 16.6. The average molecular weight is 755 g/mol. The zero-order chi connectivity index (χ0) is 40.0. The van der Waals surface area contributed by atoms with Crippen LogP contribution in [0.3, 0.4) is 0 Å². The van der Waals surface area contributed by atoms with Crippen LogP contribution in [0.15, 0.2) is 85.1 Å². The van der Waals surface area contributed by atoms with Crippen molar-refractivity contribution in [2.24, 2.45) is 0 Å². The first-order chi connectivity index (χ1) is 26.1. The predicted molar refractivity (Wildman–Crippen MR) is 224 cm³/mol. The molecule has 0 aliphatic rings. The molecule has 0 aromatic heterocycles. The van der Waals surface area contributed by atoms with E-state index in [-0.39, 0.29) is 36.7 Å². The lowest BCUT2D eigenvalue weighted by molar-refractivity contribution is -0.887. The van der Waals surface area contributed by atoms with E-state index in [1.54, 1.807) is 6.08 Å². The van der Waals surface area contributed by atoms with Crippen LogP contribution in [0, 0.1) is 0 Å². The third-order valence-electron chi connectivity index (χ3n) is 8.56. The second-order valence-corrected chi connectivity index (χ2v) is 14.5. The summed E-state index contributed by atoms with van der Waals surface area (Å²) in [5.74, 6) is -1.66. The summed E-state index contributed by atoms with van der Waals surface area (Å²) in [6.45, 7) is 4.44. The minimum Gasteiger partial charge on any atom is -0.477 e. The van der Waals surface area contributed by atoms with Crippen molar-refractivity contribution in [3.63, 3.8) is 0 Å². The smallest absolute Gasteiger partial charge is 0.362 e. The number of carbonyl (C=O) groups is 3. The molecule has 0 heterocycles. The first kappa shape index (κ1) is 50.5. The molecule has 8 nitrogen and oxygen atoms in total. The summed E-state index contributed by atoms with van der Waals surface area (Å²) in [5, 5.41) is 9.60. The molecule has 0 saturated heterocycles. The van der Waals surface area contributed by atoms with Gasteiger partial charge in [0.15, 0.2) is 12.1 Å². The molecule has 1 N–H and O–H groups in total. The Morgan fingerprint density at radius 1 is 0.593 bits per heavy atom. The number of unbranched alkanes of at least 4 members (excludes halogenated alkanes) is 8. The molecule has 0 fully saturated rings. The third-order valence-corrected chi connectivity index (χ3v) is 8.56. The Kier molecular flexibility index (Phi) is 34.1. The predicted octanol–water partition coefficient (Wildman–Crippen LogP) is 11.0. The number of aliphatic carboxylic acids is 1. The quantitative estimate of drug-likeness (QED) is 0.0298. The first-order valence-electron chi connectivity index (χ1n) is 20.6. The summed E-state index contributed by atoms with van der Waals surface area (Å²) < 4.78 is 17.1. The zero-order valence-electron chi connectivity index (χ0n) is 34.6. The number of rotatable bonds is 35. The normalized spacial score (nSPS) is 13.9. The van der Waals surface area contributed by atoms with Gasteiger partial charge in [0.25, 0.3) is 0 Å². The van der Waals surface area contributed by atoms with E-state index in [9.17, 15) is 19.5 Å². The number of quaternary nitrogens is 1. The molecule has 0 spiro atoms. The highest BCUT2D eigenvalue weighted by molar-refractivity contribution is 5.72. The summed E-state index contributed by atoms with van der Waals surface area (Å²) in [7, 11) is 5.47. The Morgan fingerprint density at radius 2 is 1.09 bits per heavy atom. The monoisotopic (exact) mass is 755 g/mol. The summed E-state index contributed by atoms with van der Waals surface area (Å²) in [6.07, 6.45) is 46.5. The van der Waals surface area contributed by atoms with Crippen LogP contribution in [0.25, 0.3) is 0 Å². The number of nitrogens with zero attached hydrogens (tertiary/aromatic N) is 1. The molecule has 0 aliphatic carbocycles. The van der Waals surface area contributed by atoms with E-state index in [1.807, 2.05) is 27.2 Å². The SMILES string of the molecule is CC/C=C\C/C=C\C/C=C\C/C=C\C/C=C\CC(=O)OC(COCCC(C(=O)O)[N+](C)(C)C)COC(=O)CCCCCCC/C=C\C/C=C\CCCCC. The van der Waals surface area contributed by atoms with Crippen LogP contribution >= 0.6 is 0 Å². The molecular formula is C46H76NO7+. The number of ether oxygens (including phenoxy) is 3. The van der Waals surface area contributed by atoms with Crippen molar-refractivity contribution in [3.05, 3.63) is 85.1 Å². The van der Waals surface area contributed by atoms with Crippen molar-refractivity contribution in [1.29, 1.82) is 0 Å². The highest BCUT2D eigenvalue weighted by Crippen LogP contribution is 2.11. The molecule has 0 aromatic carbocycles. The molecule has 2 unspecified atom stereocenters. The molecule has 0 radical (unpaired) electrons. The number of hydrogen-bond acceptors (Lipinski definition) is 6. The number of esters is 2. The molecule has 0 amide bonds. The van der Waals surface area contributed by atoms with Crippen molar-refractivity contribution in [2.45, 2.75) is 148 Å². The van der Waals surface area contributed by atoms with Crippen molar-refractivity contribution in [3.8, 4) is 0 Å². The molecule has 8 heteroatoms. The van der Waals surface area contributed by atoms with E-state index in [0.717, 1.165) is 70.6 Å². The van der Waals surface area contributed by atoms with Gasteiger partial charge in [-0.1, -0.05) is 131 Å². The fourth-order valence-corrected chi connectivity index (χ4v) is 5.37. The second kappa shape index (κ2) is 36.5. The van der Waals surface area contributed by atoms with Gasteiger partial charge in [0, 0.05) is 12.8 Å². The van der Waals surface area contributed by atoms with E-state index in [2.05, 4.69) is 86.8 Å². The Labute approximate surface area is 329 Å². The maximum atomic E-state index is 12.6. The van der Waals surface area contributed by atoms with Gasteiger partial charge >= 0.3 is 17.9 Å². The van der Waals surface area contributed by atoms with Gasteiger partial charge in [-0.05, 0) is 70.6 Å². The Morgan fingerprint density at radius 3 is 1.63 bits per heavy atom. The van der Waals surface area contributed by atoms with Gasteiger partial charge in [-0.25, -0.2) is 4.79 Å². The van der Waals surface area contributed by atoms with E-state index < -0.39 is 24.1 Å². The fraction of sp³-hybridized carbons (Fsp3) is 0.630.